The van der Waals surface area contributed by atoms with Gasteiger partial charge in [-0.2, -0.15) is 4.31 Å². The number of rotatable bonds is 6. The summed E-state index contributed by atoms with van der Waals surface area (Å²) in [6, 6.07) is 21.8. The van der Waals surface area contributed by atoms with Crippen LogP contribution in [0.1, 0.15) is 11.1 Å². The van der Waals surface area contributed by atoms with Crippen molar-refractivity contribution in [2.75, 3.05) is 38.5 Å². The first kappa shape index (κ1) is 23.0. The third-order valence-electron chi connectivity index (χ3n) is 6.17. The highest BCUT2D eigenvalue weighted by molar-refractivity contribution is 7.89. The van der Waals surface area contributed by atoms with Gasteiger partial charge in [0, 0.05) is 44.0 Å². The third-order valence-corrected chi connectivity index (χ3v) is 9.13. The average molecular weight is 493 g/mol. The van der Waals surface area contributed by atoms with E-state index in [0.717, 1.165) is 40.4 Å². The molecule has 2 heterocycles. The van der Waals surface area contributed by atoms with Crippen molar-refractivity contribution in [3.63, 3.8) is 0 Å². The second kappa shape index (κ2) is 9.46. The number of hydrogen-bond donors (Lipinski definition) is 1. The Bertz CT molecular complexity index is 1410. The number of thiazole rings is 1. The molecule has 0 saturated carbocycles. The topological polar surface area (TPSA) is 65.5 Å². The van der Waals surface area contributed by atoms with Crippen molar-refractivity contribution in [3.8, 4) is 10.6 Å². The monoisotopic (exact) mass is 492 g/mol. The van der Waals surface area contributed by atoms with Crippen LogP contribution in [-0.2, 0) is 16.6 Å². The lowest BCUT2D eigenvalue weighted by Crippen LogP contribution is -2.47. The van der Waals surface area contributed by atoms with Crippen molar-refractivity contribution in [3.05, 3.63) is 77.9 Å². The molecule has 1 aliphatic heterocycles. The molecule has 1 aromatic heterocycles. The van der Waals surface area contributed by atoms with Gasteiger partial charge in [-0.3, -0.25) is 0 Å². The number of piperazine rings is 1. The van der Waals surface area contributed by atoms with Crippen molar-refractivity contribution >= 4 is 37.3 Å². The molecule has 0 aliphatic carbocycles. The van der Waals surface area contributed by atoms with Crippen LogP contribution in [0.25, 0.3) is 20.8 Å². The van der Waals surface area contributed by atoms with Gasteiger partial charge < -0.3 is 10.2 Å². The highest BCUT2D eigenvalue weighted by Gasteiger charge is 2.27. The van der Waals surface area contributed by atoms with Gasteiger partial charge in [0.15, 0.2) is 0 Å². The molecule has 1 N–H and O–H groups in total. The highest BCUT2D eigenvalue weighted by atomic mass is 32.2. The quantitative estimate of drug-likeness (QED) is 0.418. The number of anilines is 1. The van der Waals surface area contributed by atoms with Crippen molar-refractivity contribution in [1.82, 2.24) is 14.2 Å². The molecule has 1 aliphatic rings. The van der Waals surface area contributed by atoms with E-state index in [2.05, 4.69) is 47.5 Å². The summed E-state index contributed by atoms with van der Waals surface area (Å²) in [5, 5.41) is 4.41. The van der Waals surface area contributed by atoms with E-state index >= 15 is 0 Å². The molecule has 5 rings (SSSR count). The van der Waals surface area contributed by atoms with Crippen LogP contribution in [0.15, 0.2) is 71.6 Å². The number of hydrogen-bond acceptors (Lipinski definition) is 6. The zero-order valence-electron chi connectivity index (χ0n) is 19.4. The van der Waals surface area contributed by atoms with E-state index in [1.165, 1.54) is 10.3 Å². The maximum atomic E-state index is 13.1. The van der Waals surface area contributed by atoms with Gasteiger partial charge in [-0.25, -0.2) is 13.4 Å². The minimum absolute atomic E-state index is 0.359. The SMILES string of the molecule is Cc1ccc2nc(-c3ccc(NCc4cccc(S(=O)(=O)N5CCN(C)CC5)c4)cc3)sc2c1. The number of benzene rings is 3. The summed E-state index contributed by atoms with van der Waals surface area (Å²) >= 11 is 1.70. The molecule has 1 fully saturated rings. The largest absolute Gasteiger partial charge is 0.381 e. The molecule has 6 nitrogen and oxygen atoms in total. The number of likely N-dealkylation sites (N-methyl/N-ethyl adjacent to an activating group) is 1. The van der Waals surface area contributed by atoms with Gasteiger partial charge in [-0.05, 0) is 73.6 Å². The smallest absolute Gasteiger partial charge is 0.243 e. The summed E-state index contributed by atoms with van der Waals surface area (Å²) in [6.45, 7) is 5.22. The van der Waals surface area contributed by atoms with Gasteiger partial charge in [0.05, 0.1) is 15.1 Å². The molecule has 176 valence electrons. The van der Waals surface area contributed by atoms with Crippen LogP contribution in [0.2, 0.25) is 0 Å². The highest BCUT2D eigenvalue weighted by Crippen LogP contribution is 2.31. The molecule has 4 aromatic rings. The number of aromatic nitrogens is 1. The Morgan fingerprint density at radius 1 is 0.971 bits per heavy atom. The fraction of sp³-hybridized carbons (Fsp3) is 0.269. The number of fused-ring (bicyclic) bond motifs is 1. The molecule has 8 heteroatoms. The molecule has 1 saturated heterocycles. The first-order valence-electron chi connectivity index (χ1n) is 11.4. The van der Waals surface area contributed by atoms with E-state index in [-0.39, 0.29) is 0 Å². The van der Waals surface area contributed by atoms with Crippen LogP contribution in [-0.4, -0.2) is 55.8 Å². The third kappa shape index (κ3) is 4.86. The van der Waals surface area contributed by atoms with Gasteiger partial charge in [0.2, 0.25) is 10.0 Å². The van der Waals surface area contributed by atoms with E-state index in [9.17, 15) is 8.42 Å². The second-order valence-corrected chi connectivity index (χ2v) is 11.7. The Balaban J connectivity index is 1.26. The molecule has 34 heavy (non-hydrogen) atoms. The number of aryl methyl sites for hydroxylation is 1. The van der Waals surface area contributed by atoms with Crippen LogP contribution in [0.4, 0.5) is 5.69 Å². The lowest BCUT2D eigenvalue weighted by molar-refractivity contribution is 0.222. The lowest BCUT2D eigenvalue weighted by Gasteiger charge is -2.31. The predicted octanol–water partition coefficient (Wildman–Crippen LogP) is 4.82. The molecule has 0 bridgehead atoms. The van der Waals surface area contributed by atoms with Crippen LogP contribution in [0, 0.1) is 6.92 Å². The van der Waals surface area contributed by atoms with Gasteiger partial charge >= 0.3 is 0 Å². The van der Waals surface area contributed by atoms with E-state index < -0.39 is 10.0 Å². The first-order valence-corrected chi connectivity index (χ1v) is 13.6. The Hall–Kier alpha value is -2.78. The fourth-order valence-electron chi connectivity index (χ4n) is 4.08. The Morgan fingerprint density at radius 2 is 1.74 bits per heavy atom. The van der Waals surface area contributed by atoms with E-state index in [0.29, 0.717) is 24.5 Å². The van der Waals surface area contributed by atoms with Crippen molar-refractivity contribution < 1.29 is 8.42 Å². The molecule has 0 radical (unpaired) electrons. The van der Waals surface area contributed by atoms with E-state index in [1.807, 2.05) is 31.3 Å². The zero-order valence-corrected chi connectivity index (χ0v) is 21.0. The van der Waals surface area contributed by atoms with Gasteiger partial charge in [0.1, 0.15) is 5.01 Å². The average Bonchev–Trinajstić information content (AvgIpc) is 3.27. The van der Waals surface area contributed by atoms with Crippen LogP contribution in [0.3, 0.4) is 0 Å². The zero-order chi connectivity index (χ0) is 23.7. The Morgan fingerprint density at radius 3 is 2.50 bits per heavy atom. The van der Waals surface area contributed by atoms with Gasteiger partial charge in [-0.1, -0.05) is 18.2 Å². The van der Waals surface area contributed by atoms with E-state index in [4.69, 9.17) is 4.98 Å². The normalized spacial score (nSPS) is 15.6. The maximum absolute atomic E-state index is 13.1. The van der Waals surface area contributed by atoms with Crippen LogP contribution < -0.4 is 5.32 Å². The second-order valence-electron chi connectivity index (χ2n) is 8.78. The fourth-order valence-corrected chi connectivity index (χ4v) is 6.65. The van der Waals surface area contributed by atoms with Gasteiger partial charge in [0.25, 0.3) is 0 Å². The summed E-state index contributed by atoms with van der Waals surface area (Å²) in [6.07, 6.45) is 0. The molecular formula is C26H28N4O2S2. The maximum Gasteiger partial charge on any atom is 0.243 e. The number of sulfonamides is 1. The standard InChI is InChI=1S/C26H28N4O2S2/c1-19-6-11-24-25(16-19)33-26(28-24)21-7-9-22(10-8-21)27-18-20-4-3-5-23(17-20)34(31,32)30-14-12-29(2)13-15-30/h3-11,16-17,27H,12-15,18H2,1-2H3. The number of nitrogens with zero attached hydrogens (tertiary/aromatic N) is 3. The van der Waals surface area contributed by atoms with Crippen LogP contribution in [0.5, 0.6) is 0 Å². The first-order chi connectivity index (χ1) is 16.4. The molecule has 0 amide bonds. The minimum atomic E-state index is -3.47. The van der Waals surface area contributed by atoms with Crippen molar-refractivity contribution in [2.24, 2.45) is 0 Å². The van der Waals surface area contributed by atoms with Gasteiger partial charge in [-0.15, -0.1) is 11.3 Å². The Kier molecular flexibility index (Phi) is 6.40. The molecule has 0 unspecified atom stereocenters. The van der Waals surface area contributed by atoms with Crippen molar-refractivity contribution in [2.45, 2.75) is 18.4 Å². The molecule has 0 atom stereocenters. The Labute approximate surface area is 204 Å². The molecular weight excluding hydrogens is 464 g/mol. The van der Waals surface area contributed by atoms with Crippen LogP contribution >= 0.6 is 11.3 Å². The van der Waals surface area contributed by atoms with E-state index in [1.54, 1.807) is 27.8 Å². The summed E-state index contributed by atoms with van der Waals surface area (Å²) in [7, 11) is -1.45. The summed E-state index contributed by atoms with van der Waals surface area (Å²) in [4.78, 5) is 7.26. The number of nitrogens with one attached hydrogen (secondary N) is 1. The summed E-state index contributed by atoms with van der Waals surface area (Å²) in [5.74, 6) is 0. The minimum Gasteiger partial charge on any atom is -0.381 e. The molecule has 3 aromatic carbocycles. The lowest BCUT2D eigenvalue weighted by atomic mass is 10.2. The summed E-state index contributed by atoms with van der Waals surface area (Å²) in [5.41, 5.74) is 5.26. The van der Waals surface area contributed by atoms with Crippen molar-refractivity contribution in [1.29, 1.82) is 0 Å². The molecule has 0 spiro atoms. The predicted molar refractivity (Wildman–Crippen MR) is 140 cm³/mol. The summed E-state index contributed by atoms with van der Waals surface area (Å²) < 4.78 is 28.9.